The number of carboxylic acid groups (broad SMARTS) is 1. The van der Waals surface area contributed by atoms with Crippen molar-refractivity contribution in [3.63, 3.8) is 0 Å². The number of carboxylic acids is 1. The van der Waals surface area contributed by atoms with Gasteiger partial charge in [0.05, 0.1) is 5.92 Å². The molecule has 5 nitrogen and oxygen atoms in total. The van der Waals surface area contributed by atoms with Crippen molar-refractivity contribution < 1.29 is 14.7 Å². The van der Waals surface area contributed by atoms with E-state index in [0.717, 1.165) is 11.5 Å². The van der Waals surface area contributed by atoms with Crippen molar-refractivity contribution in [3.05, 3.63) is 0 Å². The lowest BCUT2D eigenvalue weighted by molar-refractivity contribution is -0.141. The first-order chi connectivity index (χ1) is 8.59. The largest absolute Gasteiger partial charge is 0.481 e. The minimum absolute atomic E-state index is 0.205. The number of carbonyl (C=O) groups excluding carboxylic acids is 1. The van der Waals surface area contributed by atoms with Crippen LogP contribution < -0.4 is 10.6 Å². The lowest BCUT2D eigenvalue weighted by Gasteiger charge is -2.21. The smallest absolute Gasteiger partial charge is 0.314 e. The molecular formula is C11H20N2O3S2. The van der Waals surface area contributed by atoms with Gasteiger partial charge >= 0.3 is 12.0 Å². The molecule has 0 spiro atoms. The molecule has 1 saturated heterocycles. The van der Waals surface area contributed by atoms with Crippen molar-refractivity contribution in [2.75, 3.05) is 30.3 Å². The molecule has 2 atom stereocenters. The Hall–Kier alpha value is -0.560. The van der Waals surface area contributed by atoms with Gasteiger partial charge in [0.25, 0.3) is 0 Å². The predicted molar refractivity (Wildman–Crippen MR) is 76.4 cm³/mol. The van der Waals surface area contributed by atoms with Crippen LogP contribution in [0.5, 0.6) is 0 Å². The van der Waals surface area contributed by atoms with Gasteiger partial charge in [-0.1, -0.05) is 6.92 Å². The first-order valence-corrected chi connectivity index (χ1v) is 8.23. The molecule has 0 aromatic rings. The Morgan fingerprint density at radius 3 is 2.78 bits per heavy atom. The molecule has 1 rings (SSSR count). The minimum atomic E-state index is -0.826. The molecule has 1 aliphatic heterocycles. The van der Waals surface area contributed by atoms with E-state index in [-0.39, 0.29) is 6.03 Å². The molecule has 1 fully saturated rings. The van der Waals surface area contributed by atoms with Gasteiger partial charge in [0.1, 0.15) is 0 Å². The van der Waals surface area contributed by atoms with E-state index in [0.29, 0.717) is 24.8 Å². The molecule has 1 heterocycles. The Morgan fingerprint density at radius 1 is 1.39 bits per heavy atom. The average Bonchev–Trinajstić information content (AvgIpc) is 2.37. The fraction of sp³-hybridized carbons (Fsp3) is 0.818. The summed E-state index contributed by atoms with van der Waals surface area (Å²) in [6.07, 6.45) is 0.455. The molecule has 0 aromatic carbocycles. The monoisotopic (exact) mass is 292 g/mol. The van der Waals surface area contributed by atoms with E-state index >= 15 is 0 Å². The molecule has 2 unspecified atom stereocenters. The molecular weight excluding hydrogens is 272 g/mol. The van der Waals surface area contributed by atoms with Gasteiger partial charge in [-0.05, 0) is 6.42 Å². The number of urea groups is 1. The van der Waals surface area contributed by atoms with E-state index < -0.39 is 11.9 Å². The SMILES string of the molecule is CC(CCNC(=O)NCC1CSCCS1)C(=O)O. The van der Waals surface area contributed by atoms with Crippen LogP contribution in [0.3, 0.4) is 0 Å². The average molecular weight is 292 g/mol. The van der Waals surface area contributed by atoms with Gasteiger partial charge < -0.3 is 15.7 Å². The second-order valence-corrected chi connectivity index (χ2v) is 6.79. The van der Waals surface area contributed by atoms with Crippen molar-refractivity contribution in [3.8, 4) is 0 Å². The molecule has 18 heavy (non-hydrogen) atoms. The van der Waals surface area contributed by atoms with E-state index in [1.54, 1.807) is 6.92 Å². The molecule has 2 amide bonds. The molecule has 0 radical (unpaired) electrons. The zero-order valence-electron chi connectivity index (χ0n) is 10.5. The van der Waals surface area contributed by atoms with Gasteiger partial charge in [-0.3, -0.25) is 4.79 Å². The highest BCUT2D eigenvalue weighted by Gasteiger charge is 2.15. The maximum Gasteiger partial charge on any atom is 0.314 e. The van der Waals surface area contributed by atoms with Gasteiger partial charge in [-0.15, -0.1) is 0 Å². The normalized spacial score (nSPS) is 21.1. The van der Waals surface area contributed by atoms with Crippen molar-refractivity contribution in [1.29, 1.82) is 0 Å². The maximum absolute atomic E-state index is 11.5. The predicted octanol–water partition coefficient (Wildman–Crippen LogP) is 1.24. The summed E-state index contributed by atoms with van der Waals surface area (Å²) in [5.41, 5.74) is 0. The standard InChI is InChI=1S/C11H20N2O3S2/c1-8(10(14)15)2-3-12-11(16)13-6-9-7-17-4-5-18-9/h8-9H,2-7H2,1H3,(H,14,15)(H2,12,13,16). The van der Waals surface area contributed by atoms with Crippen molar-refractivity contribution in [1.82, 2.24) is 10.6 Å². The van der Waals surface area contributed by atoms with Crippen molar-refractivity contribution in [2.24, 2.45) is 5.92 Å². The third kappa shape index (κ3) is 6.39. The molecule has 0 aliphatic carbocycles. The summed E-state index contributed by atoms with van der Waals surface area (Å²) in [5.74, 6) is 2.18. The van der Waals surface area contributed by atoms with Gasteiger partial charge in [-0.2, -0.15) is 23.5 Å². The van der Waals surface area contributed by atoms with Crippen LogP contribution in [0.25, 0.3) is 0 Å². The lowest BCUT2D eigenvalue weighted by atomic mass is 10.1. The van der Waals surface area contributed by atoms with Crippen LogP contribution in [0, 0.1) is 5.92 Å². The van der Waals surface area contributed by atoms with Gasteiger partial charge in [0.2, 0.25) is 0 Å². The van der Waals surface area contributed by atoms with E-state index in [4.69, 9.17) is 5.11 Å². The third-order valence-corrected chi connectivity index (χ3v) is 5.50. The summed E-state index contributed by atoms with van der Waals surface area (Å²) < 4.78 is 0. The fourth-order valence-electron chi connectivity index (χ4n) is 1.45. The highest BCUT2D eigenvalue weighted by molar-refractivity contribution is 8.06. The number of hydrogen-bond donors (Lipinski definition) is 3. The summed E-state index contributed by atoms with van der Waals surface area (Å²) >= 11 is 3.82. The molecule has 0 saturated carbocycles. The van der Waals surface area contributed by atoms with E-state index in [1.165, 1.54) is 5.75 Å². The number of thioether (sulfide) groups is 2. The Bertz CT molecular complexity index is 283. The zero-order valence-corrected chi connectivity index (χ0v) is 12.1. The summed E-state index contributed by atoms with van der Waals surface area (Å²) in [6, 6.07) is -0.205. The van der Waals surface area contributed by atoms with Gasteiger partial charge in [0, 0.05) is 35.6 Å². The topological polar surface area (TPSA) is 78.4 Å². The quantitative estimate of drug-likeness (QED) is 0.686. The fourth-order valence-corrected chi connectivity index (χ4v) is 4.06. The minimum Gasteiger partial charge on any atom is -0.481 e. The summed E-state index contributed by atoms with van der Waals surface area (Å²) in [4.78, 5) is 22.0. The summed E-state index contributed by atoms with van der Waals surface area (Å²) in [7, 11) is 0. The molecule has 1 aliphatic rings. The van der Waals surface area contributed by atoms with Crippen LogP contribution in [0.15, 0.2) is 0 Å². The van der Waals surface area contributed by atoms with Crippen LogP contribution >= 0.6 is 23.5 Å². The summed E-state index contributed by atoms with van der Waals surface area (Å²) in [6.45, 7) is 2.71. The second kappa shape index (κ2) is 8.53. The highest BCUT2D eigenvalue weighted by atomic mass is 32.2. The number of nitrogens with one attached hydrogen (secondary N) is 2. The molecule has 0 bridgehead atoms. The van der Waals surface area contributed by atoms with Crippen LogP contribution in [0.1, 0.15) is 13.3 Å². The van der Waals surface area contributed by atoms with Crippen molar-refractivity contribution in [2.45, 2.75) is 18.6 Å². The third-order valence-electron chi connectivity index (χ3n) is 2.66. The Kier molecular flexibility index (Phi) is 7.34. The van der Waals surface area contributed by atoms with Crippen LogP contribution in [0.4, 0.5) is 4.79 Å². The Balaban J connectivity index is 2.04. The number of hydrogen-bond acceptors (Lipinski definition) is 4. The number of carbonyl (C=O) groups is 2. The van der Waals surface area contributed by atoms with E-state index in [9.17, 15) is 9.59 Å². The number of amides is 2. The molecule has 0 aromatic heterocycles. The van der Waals surface area contributed by atoms with E-state index in [2.05, 4.69) is 10.6 Å². The number of aliphatic carboxylic acids is 1. The Labute approximate surface area is 116 Å². The second-order valence-electron chi connectivity index (χ2n) is 4.23. The van der Waals surface area contributed by atoms with E-state index in [1.807, 2.05) is 23.5 Å². The highest BCUT2D eigenvalue weighted by Crippen LogP contribution is 2.23. The van der Waals surface area contributed by atoms with Gasteiger partial charge in [0.15, 0.2) is 0 Å². The first kappa shape index (κ1) is 15.5. The first-order valence-electron chi connectivity index (χ1n) is 6.03. The van der Waals surface area contributed by atoms with Crippen LogP contribution in [-0.2, 0) is 4.79 Å². The van der Waals surface area contributed by atoms with Crippen LogP contribution in [-0.4, -0.2) is 52.7 Å². The summed E-state index contributed by atoms with van der Waals surface area (Å²) in [5, 5.41) is 14.7. The van der Waals surface area contributed by atoms with Crippen molar-refractivity contribution >= 4 is 35.5 Å². The number of rotatable bonds is 6. The molecule has 3 N–H and O–H groups in total. The molecule has 7 heteroatoms. The van der Waals surface area contributed by atoms with Gasteiger partial charge in [-0.25, -0.2) is 4.79 Å². The Morgan fingerprint density at radius 2 is 2.17 bits per heavy atom. The maximum atomic E-state index is 11.5. The lowest BCUT2D eigenvalue weighted by Crippen LogP contribution is -2.41. The zero-order chi connectivity index (χ0) is 13.4. The molecule has 104 valence electrons. The van der Waals surface area contributed by atoms with Crippen LogP contribution in [0.2, 0.25) is 0 Å².